The molecule has 7 heteroatoms. The molecule has 2 fully saturated rings. The molecule has 1 aromatic heterocycles. The molecule has 2 bridgehead atoms. The SMILES string of the molecule is Cc1ccc(N2C(=O)[C@@H]3[C@@H](C2=O)[C@]2(CNC(=O)c4cccs4)C=C[C@H]3O2)cc1. The van der Waals surface area contributed by atoms with Crippen LogP contribution in [-0.4, -0.2) is 36.0 Å². The lowest BCUT2D eigenvalue weighted by molar-refractivity contribution is -0.126. The third-order valence-electron chi connectivity index (χ3n) is 5.72. The molecule has 0 spiro atoms. The molecule has 3 aliphatic rings. The summed E-state index contributed by atoms with van der Waals surface area (Å²) in [6.07, 6.45) is 3.23. The Morgan fingerprint density at radius 3 is 2.71 bits per heavy atom. The van der Waals surface area contributed by atoms with Gasteiger partial charge in [-0.15, -0.1) is 11.3 Å². The zero-order chi connectivity index (χ0) is 19.5. The number of thiophene rings is 1. The summed E-state index contributed by atoms with van der Waals surface area (Å²) in [6.45, 7) is 2.11. The number of nitrogens with one attached hydrogen (secondary N) is 1. The van der Waals surface area contributed by atoms with Gasteiger partial charge < -0.3 is 10.1 Å². The van der Waals surface area contributed by atoms with Crippen LogP contribution in [0.5, 0.6) is 0 Å². The first kappa shape index (κ1) is 17.3. The number of imide groups is 1. The lowest BCUT2D eigenvalue weighted by Crippen LogP contribution is -2.48. The molecule has 2 saturated heterocycles. The number of fused-ring (bicyclic) bond motifs is 5. The summed E-state index contributed by atoms with van der Waals surface area (Å²) < 4.78 is 6.05. The van der Waals surface area contributed by atoms with Gasteiger partial charge in [0.25, 0.3) is 5.91 Å². The first-order valence-corrected chi connectivity index (χ1v) is 10.0. The minimum absolute atomic E-state index is 0.151. The molecule has 0 aliphatic carbocycles. The molecular formula is C21H18N2O4S. The molecule has 28 heavy (non-hydrogen) atoms. The zero-order valence-corrected chi connectivity index (χ0v) is 15.9. The quantitative estimate of drug-likeness (QED) is 0.638. The Hall–Kier alpha value is -2.77. The van der Waals surface area contributed by atoms with Gasteiger partial charge in [0.05, 0.1) is 35.0 Å². The van der Waals surface area contributed by atoms with E-state index in [2.05, 4.69) is 5.32 Å². The van der Waals surface area contributed by atoms with Crippen LogP contribution in [0.15, 0.2) is 53.9 Å². The second-order valence-electron chi connectivity index (χ2n) is 7.41. The van der Waals surface area contributed by atoms with E-state index in [0.717, 1.165) is 5.56 Å². The zero-order valence-electron chi connectivity index (χ0n) is 15.1. The van der Waals surface area contributed by atoms with E-state index in [1.807, 2.05) is 42.7 Å². The normalized spacial score (nSPS) is 30.2. The van der Waals surface area contributed by atoms with Gasteiger partial charge in [-0.1, -0.05) is 35.9 Å². The highest BCUT2D eigenvalue weighted by Crippen LogP contribution is 2.52. The fourth-order valence-electron chi connectivity index (χ4n) is 4.37. The molecule has 0 radical (unpaired) electrons. The van der Waals surface area contributed by atoms with Gasteiger partial charge in [0.2, 0.25) is 11.8 Å². The van der Waals surface area contributed by atoms with Crippen molar-refractivity contribution in [2.45, 2.75) is 18.6 Å². The highest BCUT2D eigenvalue weighted by molar-refractivity contribution is 7.12. The van der Waals surface area contributed by atoms with Gasteiger partial charge in [-0.2, -0.15) is 0 Å². The van der Waals surface area contributed by atoms with Gasteiger partial charge in [0, 0.05) is 0 Å². The van der Waals surface area contributed by atoms with Gasteiger partial charge in [0.15, 0.2) is 0 Å². The van der Waals surface area contributed by atoms with E-state index in [-0.39, 0.29) is 24.3 Å². The van der Waals surface area contributed by atoms with Crippen molar-refractivity contribution in [3.8, 4) is 0 Å². The van der Waals surface area contributed by atoms with Crippen LogP contribution in [0, 0.1) is 18.8 Å². The van der Waals surface area contributed by atoms with Crippen molar-refractivity contribution >= 4 is 34.7 Å². The molecule has 3 aliphatic heterocycles. The number of carbonyl (C=O) groups excluding carboxylic acids is 3. The standard InChI is InChI=1S/C21H18N2O4S/c1-12-4-6-13(7-5-12)23-19(25)16-14-8-9-21(27-14,17(16)20(23)26)11-22-18(24)15-3-2-10-28-15/h2-10,14,16-17H,11H2,1H3,(H,22,24)/t14-,16+,17+,21-/m1/s1. The topological polar surface area (TPSA) is 75.7 Å². The van der Waals surface area contributed by atoms with E-state index >= 15 is 0 Å². The monoisotopic (exact) mass is 394 g/mol. The van der Waals surface area contributed by atoms with E-state index in [9.17, 15) is 14.4 Å². The Balaban J connectivity index is 1.42. The van der Waals surface area contributed by atoms with E-state index < -0.39 is 23.5 Å². The number of benzene rings is 1. The van der Waals surface area contributed by atoms with Crippen molar-refractivity contribution in [3.05, 3.63) is 64.4 Å². The molecule has 5 rings (SSSR count). The maximum absolute atomic E-state index is 13.2. The van der Waals surface area contributed by atoms with E-state index in [0.29, 0.717) is 10.6 Å². The highest BCUT2D eigenvalue weighted by atomic mass is 32.1. The second kappa shape index (κ2) is 6.12. The lowest BCUT2D eigenvalue weighted by atomic mass is 9.77. The number of hydrogen-bond acceptors (Lipinski definition) is 5. The molecule has 4 heterocycles. The summed E-state index contributed by atoms with van der Waals surface area (Å²) in [6, 6.07) is 10.9. The van der Waals surface area contributed by atoms with Crippen LogP contribution in [0.1, 0.15) is 15.2 Å². The van der Waals surface area contributed by atoms with Crippen molar-refractivity contribution in [3.63, 3.8) is 0 Å². The van der Waals surface area contributed by atoms with Crippen molar-refractivity contribution in [2.75, 3.05) is 11.4 Å². The summed E-state index contributed by atoms with van der Waals surface area (Å²) in [5.74, 6) is -1.88. The van der Waals surface area contributed by atoms with Crippen molar-refractivity contribution < 1.29 is 19.1 Å². The number of amides is 3. The highest BCUT2D eigenvalue weighted by Gasteiger charge is 2.67. The first-order chi connectivity index (χ1) is 13.5. The second-order valence-corrected chi connectivity index (χ2v) is 8.36. The minimum atomic E-state index is -0.978. The maximum Gasteiger partial charge on any atom is 0.261 e. The number of carbonyl (C=O) groups is 3. The summed E-state index contributed by atoms with van der Waals surface area (Å²) >= 11 is 1.35. The van der Waals surface area contributed by atoms with Gasteiger partial charge in [-0.25, -0.2) is 4.90 Å². The molecule has 4 atom stereocenters. The van der Waals surface area contributed by atoms with Gasteiger partial charge >= 0.3 is 0 Å². The summed E-state index contributed by atoms with van der Waals surface area (Å²) in [7, 11) is 0. The molecule has 0 saturated carbocycles. The molecule has 3 amide bonds. The molecule has 1 aromatic carbocycles. The Kier molecular flexibility index (Phi) is 3.79. The third-order valence-corrected chi connectivity index (χ3v) is 6.59. The number of anilines is 1. The molecule has 2 aromatic rings. The van der Waals surface area contributed by atoms with E-state index in [1.165, 1.54) is 16.2 Å². The molecule has 6 nitrogen and oxygen atoms in total. The average Bonchev–Trinajstić information content (AvgIpc) is 3.45. The average molecular weight is 394 g/mol. The number of rotatable bonds is 4. The maximum atomic E-state index is 13.2. The van der Waals surface area contributed by atoms with Crippen molar-refractivity contribution in [1.29, 1.82) is 0 Å². The van der Waals surface area contributed by atoms with Crippen molar-refractivity contribution in [1.82, 2.24) is 5.32 Å². The fraction of sp³-hybridized carbons (Fsp3) is 0.286. The van der Waals surface area contributed by atoms with Crippen LogP contribution in [0.25, 0.3) is 0 Å². The Labute approximate surface area is 165 Å². The van der Waals surface area contributed by atoms with E-state index in [1.54, 1.807) is 18.2 Å². The van der Waals surface area contributed by atoms with Crippen LogP contribution in [0.3, 0.4) is 0 Å². The van der Waals surface area contributed by atoms with Gasteiger partial charge in [-0.3, -0.25) is 14.4 Å². The Morgan fingerprint density at radius 1 is 1.21 bits per heavy atom. The number of aryl methyl sites for hydroxylation is 1. The number of nitrogens with zero attached hydrogens (tertiary/aromatic N) is 1. The van der Waals surface area contributed by atoms with Crippen molar-refractivity contribution in [2.24, 2.45) is 11.8 Å². The molecule has 142 valence electrons. The minimum Gasteiger partial charge on any atom is -0.360 e. The van der Waals surface area contributed by atoms with Crippen LogP contribution in [0.4, 0.5) is 5.69 Å². The van der Waals surface area contributed by atoms with Crippen LogP contribution >= 0.6 is 11.3 Å². The number of ether oxygens (including phenoxy) is 1. The number of hydrogen-bond donors (Lipinski definition) is 1. The smallest absolute Gasteiger partial charge is 0.261 e. The Morgan fingerprint density at radius 2 is 2.00 bits per heavy atom. The summed E-state index contributed by atoms with van der Waals surface area (Å²) in [5.41, 5.74) is 0.655. The van der Waals surface area contributed by atoms with Crippen LogP contribution in [-0.2, 0) is 14.3 Å². The molecule has 1 N–H and O–H groups in total. The first-order valence-electron chi connectivity index (χ1n) is 9.13. The van der Waals surface area contributed by atoms with Gasteiger partial charge in [-0.05, 0) is 30.5 Å². The summed E-state index contributed by atoms with van der Waals surface area (Å²) in [5, 5.41) is 4.70. The van der Waals surface area contributed by atoms with Crippen LogP contribution < -0.4 is 10.2 Å². The largest absolute Gasteiger partial charge is 0.360 e. The summed E-state index contributed by atoms with van der Waals surface area (Å²) in [4.78, 5) is 40.5. The molecule has 0 unspecified atom stereocenters. The lowest BCUT2D eigenvalue weighted by Gasteiger charge is -2.29. The van der Waals surface area contributed by atoms with Crippen LogP contribution in [0.2, 0.25) is 0 Å². The van der Waals surface area contributed by atoms with Gasteiger partial charge in [0.1, 0.15) is 5.60 Å². The molecular weight excluding hydrogens is 376 g/mol. The van der Waals surface area contributed by atoms with E-state index in [4.69, 9.17) is 4.74 Å². The predicted molar refractivity (Wildman–Crippen MR) is 104 cm³/mol. The third kappa shape index (κ3) is 2.40. The Bertz CT molecular complexity index is 998. The fourth-order valence-corrected chi connectivity index (χ4v) is 5.01. The predicted octanol–water partition coefficient (Wildman–Crippen LogP) is 2.30.